The van der Waals surface area contributed by atoms with Gasteiger partial charge in [0.15, 0.2) is 0 Å². The lowest BCUT2D eigenvalue weighted by molar-refractivity contribution is -0.0505. The van der Waals surface area contributed by atoms with Crippen molar-refractivity contribution >= 4 is 11.6 Å². The van der Waals surface area contributed by atoms with Crippen LogP contribution in [0.1, 0.15) is 17.2 Å². The second kappa shape index (κ2) is 6.74. The van der Waals surface area contributed by atoms with E-state index in [4.69, 9.17) is 22.1 Å². The molecule has 0 heterocycles. The second-order valence-electron chi connectivity index (χ2n) is 4.28. The SMILES string of the molecule is COc1ccc(C(N)c2ccccc2OC(F)F)c(Cl)c1. The van der Waals surface area contributed by atoms with Crippen LogP contribution in [-0.4, -0.2) is 13.7 Å². The van der Waals surface area contributed by atoms with Gasteiger partial charge < -0.3 is 15.2 Å². The fourth-order valence-electron chi connectivity index (χ4n) is 2.00. The Morgan fingerprint density at radius 2 is 1.81 bits per heavy atom. The molecule has 21 heavy (non-hydrogen) atoms. The minimum Gasteiger partial charge on any atom is -0.497 e. The van der Waals surface area contributed by atoms with Gasteiger partial charge in [0.2, 0.25) is 0 Å². The van der Waals surface area contributed by atoms with E-state index in [1.165, 1.54) is 13.2 Å². The summed E-state index contributed by atoms with van der Waals surface area (Å²) in [6, 6.07) is 10.7. The van der Waals surface area contributed by atoms with E-state index >= 15 is 0 Å². The summed E-state index contributed by atoms with van der Waals surface area (Å²) in [5.41, 5.74) is 7.17. The van der Waals surface area contributed by atoms with E-state index in [-0.39, 0.29) is 5.75 Å². The molecule has 2 aromatic rings. The van der Waals surface area contributed by atoms with E-state index in [9.17, 15) is 8.78 Å². The van der Waals surface area contributed by atoms with Crippen molar-refractivity contribution in [1.29, 1.82) is 0 Å². The number of rotatable bonds is 5. The lowest BCUT2D eigenvalue weighted by Crippen LogP contribution is -2.15. The summed E-state index contributed by atoms with van der Waals surface area (Å²) in [7, 11) is 1.52. The molecule has 0 aliphatic rings. The first kappa shape index (κ1) is 15.5. The Balaban J connectivity index is 2.38. The van der Waals surface area contributed by atoms with E-state index in [0.29, 0.717) is 21.9 Å². The average molecular weight is 314 g/mol. The maximum absolute atomic E-state index is 12.4. The summed E-state index contributed by atoms with van der Waals surface area (Å²) in [4.78, 5) is 0. The summed E-state index contributed by atoms with van der Waals surface area (Å²) in [5.74, 6) is 0.625. The molecule has 6 heteroatoms. The van der Waals surface area contributed by atoms with E-state index in [1.54, 1.807) is 36.4 Å². The van der Waals surface area contributed by atoms with Crippen molar-refractivity contribution in [2.75, 3.05) is 7.11 Å². The normalized spacial score (nSPS) is 12.3. The molecule has 1 unspecified atom stereocenters. The number of halogens is 3. The minimum absolute atomic E-state index is 0.0342. The third-order valence-corrected chi connectivity index (χ3v) is 3.34. The molecule has 2 aromatic carbocycles. The third kappa shape index (κ3) is 3.62. The fraction of sp³-hybridized carbons (Fsp3) is 0.200. The summed E-state index contributed by atoms with van der Waals surface area (Å²) >= 11 is 6.16. The van der Waals surface area contributed by atoms with Crippen molar-refractivity contribution in [3.8, 4) is 11.5 Å². The number of alkyl halides is 2. The van der Waals surface area contributed by atoms with E-state index in [2.05, 4.69) is 4.74 Å². The number of benzene rings is 2. The van der Waals surface area contributed by atoms with Gasteiger partial charge in [-0.25, -0.2) is 0 Å². The van der Waals surface area contributed by atoms with E-state index in [1.807, 2.05) is 0 Å². The zero-order valence-electron chi connectivity index (χ0n) is 11.2. The Morgan fingerprint density at radius 1 is 1.10 bits per heavy atom. The molecular formula is C15H14ClF2NO2. The minimum atomic E-state index is -2.91. The Kier molecular flexibility index (Phi) is 4.98. The number of hydrogen-bond acceptors (Lipinski definition) is 3. The molecule has 0 fully saturated rings. The van der Waals surface area contributed by atoms with Gasteiger partial charge in [-0.1, -0.05) is 35.9 Å². The van der Waals surface area contributed by atoms with Gasteiger partial charge in [0.05, 0.1) is 13.2 Å². The van der Waals surface area contributed by atoms with E-state index in [0.717, 1.165) is 0 Å². The van der Waals surface area contributed by atoms with Crippen LogP contribution in [0.2, 0.25) is 5.02 Å². The standard InChI is InChI=1S/C15H14ClF2NO2/c1-20-9-6-7-10(12(16)8-9)14(19)11-4-2-3-5-13(11)21-15(17)18/h2-8,14-15H,19H2,1H3. The molecule has 0 aliphatic heterocycles. The molecule has 112 valence electrons. The maximum atomic E-state index is 12.4. The molecule has 0 aliphatic carbocycles. The smallest absolute Gasteiger partial charge is 0.387 e. The van der Waals surface area contributed by atoms with Crippen molar-refractivity contribution in [3.05, 3.63) is 58.6 Å². The van der Waals surface area contributed by atoms with Crippen LogP contribution in [0.5, 0.6) is 11.5 Å². The van der Waals surface area contributed by atoms with Crippen molar-refractivity contribution in [2.45, 2.75) is 12.7 Å². The summed E-state index contributed by atoms with van der Waals surface area (Å²) in [6.07, 6.45) is 0. The van der Waals surface area contributed by atoms with Crippen molar-refractivity contribution in [3.63, 3.8) is 0 Å². The zero-order chi connectivity index (χ0) is 15.4. The molecule has 0 spiro atoms. The van der Waals surface area contributed by atoms with Crippen LogP contribution in [0.4, 0.5) is 8.78 Å². The molecule has 0 saturated carbocycles. The van der Waals surface area contributed by atoms with Crippen LogP contribution in [0.25, 0.3) is 0 Å². The quantitative estimate of drug-likeness (QED) is 0.907. The lowest BCUT2D eigenvalue weighted by Gasteiger charge is -2.18. The Bertz CT molecular complexity index is 622. The van der Waals surface area contributed by atoms with Gasteiger partial charge in [-0.05, 0) is 23.8 Å². The molecule has 0 amide bonds. The predicted molar refractivity (Wildman–Crippen MR) is 77.1 cm³/mol. The van der Waals surface area contributed by atoms with Crippen LogP contribution in [0.3, 0.4) is 0 Å². The maximum Gasteiger partial charge on any atom is 0.387 e. The summed E-state index contributed by atoms with van der Waals surface area (Å²) in [6.45, 7) is -2.91. The Labute approximate surface area is 126 Å². The lowest BCUT2D eigenvalue weighted by atomic mass is 9.98. The first-order chi connectivity index (χ1) is 10.0. The molecule has 2 N–H and O–H groups in total. The number of nitrogens with two attached hydrogens (primary N) is 1. The molecule has 0 radical (unpaired) electrons. The molecule has 2 rings (SSSR count). The van der Waals surface area contributed by atoms with Gasteiger partial charge in [0.1, 0.15) is 11.5 Å². The van der Waals surface area contributed by atoms with Crippen LogP contribution in [-0.2, 0) is 0 Å². The largest absolute Gasteiger partial charge is 0.497 e. The van der Waals surface area contributed by atoms with Crippen LogP contribution in [0.15, 0.2) is 42.5 Å². The molecular weight excluding hydrogens is 300 g/mol. The molecule has 3 nitrogen and oxygen atoms in total. The summed E-state index contributed by atoms with van der Waals surface area (Å²) < 4.78 is 34.4. The van der Waals surface area contributed by atoms with Crippen LogP contribution in [0, 0.1) is 0 Å². The van der Waals surface area contributed by atoms with E-state index < -0.39 is 12.7 Å². The van der Waals surface area contributed by atoms with Crippen molar-refractivity contribution in [1.82, 2.24) is 0 Å². The number of methoxy groups -OCH3 is 1. The van der Waals surface area contributed by atoms with Gasteiger partial charge >= 0.3 is 6.61 Å². The Morgan fingerprint density at radius 3 is 2.43 bits per heavy atom. The van der Waals surface area contributed by atoms with Crippen LogP contribution >= 0.6 is 11.6 Å². The second-order valence-corrected chi connectivity index (χ2v) is 4.69. The highest BCUT2D eigenvalue weighted by Gasteiger charge is 2.18. The van der Waals surface area contributed by atoms with Gasteiger partial charge in [0, 0.05) is 10.6 Å². The topological polar surface area (TPSA) is 44.5 Å². The van der Waals surface area contributed by atoms with Crippen LogP contribution < -0.4 is 15.2 Å². The van der Waals surface area contributed by atoms with Gasteiger partial charge in [0.25, 0.3) is 0 Å². The molecule has 0 saturated heterocycles. The number of ether oxygens (including phenoxy) is 2. The fourth-order valence-corrected chi connectivity index (χ4v) is 2.28. The van der Waals surface area contributed by atoms with Crippen molar-refractivity contribution < 1.29 is 18.3 Å². The molecule has 0 aromatic heterocycles. The Hall–Kier alpha value is -1.85. The predicted octanol–water partition coefficient (Wildman–Crippen LogP) is 4.00. The highest BCUT2D eigenvalue weighted by Crippen LogP contribution is 2.34. The first-order valence-corrected chi connectivity index (χ1v) is 6.53. The highest BCUT2D eigenvalue weighted by atomic mass is 35.5. The highest BCUT2D eigenvalue weighted by molar-refractivity contribution is 6.31. The van der Waals surface area contributed by atoms with Crippen molar-refractivity contribution in [2.24, 2.45) is 5.73 Å². The first-order valence-electron chi connectivity index (χ1n) is 6.15. The number of para-hydroxylation sites is 1. The third-order valence-electron chi connectivity index (χ3n) is 3.01. The average Bonchev–Trinajstić information content (AvgIpc) is 2.46. The van der Waals surface area contributed by atoms with Gasteiger partial charge in [-0.3, -0.25) is 0 Å². The zero-order valence-corrected chi connectivity index (χ0v) is 12.0. The van der Waals surface area contributed by atoms with Gasteiger partial charge in [-0.2, -0.15) is 8.78 Å². The molecule has 0 bridgehead atoms. The molecule has 1 atom stereocenters. The number of hydrogen-bond donors (Lipinski definition) is 1. The monoisotopic (exact) mass is 313 g/mol. The van der Waals surface area contributed by atoms with Gasteiger partial charge in [-0.15, -0.1) is 0 Å². The summed E-state index contributed by atoms with van der Waals surface area (Å²) in [5, 5.41) is 0.397.